The Kier molecular flexibility index (Phi) is 19.6. The number of allylic oxidation sites excluding steroid dienone is 6. The molecular formula is C49H62N3O11S2+. The molecule has 2 heterocycles. The van der Waals surface area contributed by atoms with Crippen molar-refractivity contribution in [3.8, 4) is 23.5 Å². The molecule has 16 heteroatoms. The Labute approximate surface area is 388 Å². The SMILES string of the molecule is C#CCNC(=O)Cc1ccc2c(c1)C(C)(CCCS(=O)(=O)O)\C(=C/C=C/C=C/C1=[N+](CCOCCOC)c3ccc(-c4ccc(SOOO)cc4)cc3C1(C)C)N2CCCOCCOC. The van der Waals surface area contributed by atoms with Crippen LogP contribution >= 0.6 is 12.0 Å². The minimum atomic E-state index is -4.19. The summed E-state index contributed by atoms with van der Waals surface area (Å²) in [6.45, 7) is 10.9. The van der Waals surface area contributed by atoms with Gasteiger partial charge in [-0.2, -0.15) is 13.0 Å². The molecular weight excluding hydrogens is 871 g/mol. The third-order valence-corrected chi connectivity index (χ3v) is 13.0. The number of hydrogen-bond donors (Lipinski definition) is 3. The maximum Gasteiger partial charge on any atom is 0.264 e. The van der Waals surface area contributed by atoms with Crippen molar-refractivity contribution in [2.24, 2.45) is 0 Å². The van der Waals surface area contributed by atoms with Crippen LogP contribution < -0.4 is 10.2 Å². The quantitative estimate of drug-likeness (QED) is 0.0100. The van der Waals surface area contributed by atoms with Gasteiger partial charge in [-0.15, -0.1) is 10.8 Å². The second-order valence-corrected chi connectivity index (χ2v) is 18.7. The van der Waals surface area contributed by atoms with Gasteiger partial charge in [0.15, 0.2) is 12.3 Å². The molecule has 1 amide bonds. The second kappa shape index (κ2) is 24.8. The third-order valence-electron chi connectivity index (χ3n) is 11.6. The average molecular weight is 933 g/mol. The number of terminal acetylenes is 1. The lowest BCUT2D eigenvalue weighted by atomic mass is 9.77. The van der Waals surface area contributed by atoms with Gasteiger partial charge in [-0.3, -0.25) is 9.35 Å². The van der Waals surface area contributed by atoms with Crippen molar-refractivity contribution in [3.63, 3.8) is 0 Å². The van der Waals surface area contributed by atoms with Crippen LogP contribution in [0.5, 0.6) is 0 Å². The summed E-state index contributed by atoms with van der Waals surface area (Å²) in [5, 5.41) is 15.0. The van der Waals surface area contributed by atoms with Crippen LogP contribution in [0.25, 0.3) is 11.1 Å². The Morgan fingerprint density at radius 3 is 2.31 bits per heavy atom. The van der Waals surface area contributed by atoms with Crippen LogP contribution in [-0.4, -0.2) is 114 Å². The van der Waals surface area contributed by atoms with E-state index in [4.69, 9.17) is 30.6 Å². The molecule has 0 spiro atoms. The fourth-order valence-electron chi connectivity index (χ4n) is 8.40. The highest BCUT2D eigenvalue weighted by Crippen LogP contribution is 2.51. The number of carbonyl (C=O) groups excluding carboxylic acids is 1. The van der Waals surface area contributed by atoms with Crippen LogP contribution in [0.15, 0.2) is 102 Å². The highest BCUT2D eigenvalue weighted by molar-refractivity contribution is 7.94. The standard InChI is InChI=1S/C49H61N3O11S2/c1-7-24-50-47(53)35-37-15-21-44-42(34-37)49(4,23-11-33-65(55,56)57)46(51(44)25-12-27-60-31-29-58-5)14-10-8-9-13-45-48(2,3)41-36-39(38-16-19-40(20-17-38)64-63-62-54)18-22-43(41)52(45)26-28-61-32-30-59-6/h1,8-10,13-22,34,36H,11-12,23-33,35H2,2-6H3,(H2-,50,53,54,55,56,57)/p+1. The van der Waals surface area contributed by atoms with Crippen molar-refractivity contribution in [3.05, 3.63) is 113 Å². The van der Waals surface area contributed by atoms with E-state index in [1.54, 1.807) is 14.2 Å². The number of ether oxygens (including phenoxy) is 4. The number of rotatable bonds is 27. The summed E-state index contributed by atoms with van der Waals surface area (Å²) in [5.41, 5.74) is 8.10. The van der Waals surface area contributed by atoms with E-state index in [1.807, 2.05) is 60.7 Å². The average Bonchev–Trinajstić information content (AvgIpc) is 3.63. The first-order chi connectivity index (χ1) is 31.3. The van der Waals surface area contributed by atoms with Gasteiger partial charge in [0.05, 0.1) is 62.6 Å². The number of fused-ring (bicyclic) bond motifs is 2. The van der Waals surface area contributed by atoms with Crippen molar-refractivity contribution < 1.29 is 55.9 Å². The Balaban J connectivity index is 1.49. The Bertz CT molecular complexity index is 2350. The molecule has 14 nitrogen and oxygen atoms in total. The third kappa shape index (κ3) is 13.9. The summed E-state index contributed by atoms with van der Waals surface area (Å²) >= 11 is 0.912. The van der Waals surface area contributed by atoms with Crippen LogP contribution in [0, 0.1) is 12.3 Å². The maximum atomic E-state index is 12.7. The molecule has 0 fully saturated rings. The Morgan fingerprint density at radius 1 is 0.892 bits per heavy atom. The smallest absolute Gasteiger partial charge is 0.264 e. The number of hydrogen-bond acceptors (Lipinski definition) is 12. The number of amides is 1. The number of nitrogens with one attached hydrogen (secondary N) is 1. The monoisotopic (exact) mass is 932 g/mol. The summed E-state index contributed by atoms with van der Waals surface area (Å²) in [6.07, 6.45) is 17.1. The fraction of sp³-hybridized carbons (Fsp3) is 0.429. The molecule has 0 aromatic heterocycles. The number of carbonyl (C=O) groups is 1. The molecule has 3 N–H and O–H groups in total. The summed E-state index contributed by atoms with van der Waals surface area (Å²) in [5.74, 6) is 1.87. The first-order valence-electron chi connectivity index (χ1n) is 21.6. The molecule has 5 rings (SSSR count). The van der Waals surface area contributed by atoms with Crippen LogP contribution in [0.1, 0.15) is 56.7 Å². The molecule has 65 heavy (non-hydrogen) atoms. The number of methoxy groups -OCH3 is 2. The Hall–Kier alpha value is -4.64. The van der Waals surface area contributed by atoms with Crippen molar-refractivity contribution >= 4 is 45.2 Å². The summed E-state index contributed by atoms with van der Waals surface area (Å²) < 4.78 is 62.6. The molecule has 1 atom stereocenters. The van der Waals surface area contributed by atoms with Crippen molar-refractivity contribution in [2.75, 3.05) is 84.1 Å². The van der Waals surface area contributed by atoms with Crippen molar-refractivity contribution in [1.29, 1.82) is 0 Å². The van der Waals surface area contributed by atoms with Crippen molar-refractivity contribution in [2.45, 2.75) is 62.2 Å². The first-order valence-corrected chi connectivity index (χ1v) is 23.9. The van der Waals surface area contributed by atoms with Gasteiger partial charge in [0.1, 0.15) is 6.61 Å². The van der Waals surface area contributed by atoms with E-state index in [1.165, 1.54) is 5.56 Å². The fourth-order valence-corrected chi connectivity index (χ4v) is 9.26. The molecule has 0 aliphatic carbocycles. The van der Waals surface area contributed by atoms with Gasteiger partial charge in [0, 0.05) is 66.8 Å². The molecule has 0 radical (unpaired) electrons. The summed E-state index contributed by atoms with van der Waals surface area (Å²) in [6, 6.07) is 20.3. The zero-order valence-corrected chi connectivity index (χ0v) is 39.5. The normalized spacial score (nSPS) is 17.4. The number of anilines is 1. The molecule has 0 saturated heterocycles. The van der Waals surface area contributed by atoms with E-state index in [9.17, 15) is 17.8 Å². The minimum Gasteiger partial charge on any atom is -0.382 e. The van der Waals surface area contributed by atoms with Crippen LogP contribution in [-0.2, 0) is 60.5 Å². The molecule has 0 saturated carbocycles. The van der Waals surface area contributed by atoms with E-state index in [0.717, 1.165) is 62.0 Å². The molecule has 0 bridgehead atoms. The van der Waals surface area contributed by atoms with Gasteiger partial charge in [-0.1, -0.05) is 53.5 Å². The predicted octanol–water partition coefficient (Wildman–Crippen LogP) is 7.61. The van der Waals surface area contributed by atoms with Gasteiger partial charge >= 0.3 is 0 Å². The minimum absolute atomic E-state index is 0.132. The van der Waals surface area contributed by atoms with E-state index in [0.29, 0.717) is 65.6 Å². The van der Waals surface area contributed by atoms with E-state index < -0.39 is 15.5 Å². The van der Waals surface area contributed by atoms with Crippen LogP contribution in [0.2, 0.25) is 0 Å². The van der Waals surface area contributed by atoms with Gasteiger partial charge < -0.3 is 29.2 Å². The molecule has 2 aliphatic heterocycles. The molecule has 350 valence electrons. The first kappa shape index (κ1) is 51.3. The predicted molar refractivity (Wildman–Crippen MR) is 254 cm³/mol. The van der Waals surface area contributed by atoms with Gasteiger partial charge in [0.25, 0.3) is 10.1 Å². The lowest BCUT2D eigenvalue weighted by molar-refractivity contribution is -0.442. The lowest BCUT2D eigenvalue weighted by Gasteiger charge is -2.30. The van der Waals surface area contributed by atoms with E-state index in [2.05, 4.69) is 81.2 Å². The second-order valence-electron chi connectivity index (χ2n) is 16.4. The number of nitrogens with zero attached hydrogens (tertiary/aromatic N) is 2. The highest BCUT2D eigenvalue weighted by Gasteiger charge is 2.45. The number of benzene rings is 3. The topological polar surface area (TPSA) is 165 Å². The molecule has 3 aromatic rings. The molecule has 3 aromatic carbocycles. The van der Waals surface area contributed by atoms with Gasteiger partial charge in [0.2, 0.25) is 11.6 Å². The van der Waals surface area contributed by atoms with Gasteiger partial charge in [-0.05, 0) is 98.7 Å². The van der Waals surface area contributed by atoms with E-state index in [-0.39, 0.29) is 36.5 Å². The Morgan fingerprint density at radius 2 is 1.62 bits per heavy atom. The van der Waals surface area contributed by atoms with Gasteiger partial charge in [-0.25, -0.2) is 5.26 Å². The summed E-state index contributed by atoms with van der Waals surface area (Å²) in [7, 11) is -0.906. The molecule has 2 aliphatic rings. The van der Waals surface area contributed by atoms with E-state index >= 15 is 0 Å². The van der Waals surface area contributed by atoms with Crippen LogP contribution in [0.3, 0.4) is 0 Å². The lowest BCUT2D eigenvalue weighted by Crippen LogP contribution is -2.30. The zero-order valence-electron chi connectivity index (χ0n) is 37.9. The van der Waals surface area contributed by atoms with Crippen molar-refractivity contribution in [1.82, 2.24) is 5.32 Å². The highest BCUT2D eigenvalue weighted by atomic mass is 32.2. The molecule has 1 unspecified atom stereocenters. The zero-order chi connectivity index (χ0) is 46.9. The summed E-state index contributed by atoms with van der Waals surface area (Å²) in [4.78, 5) is 15.7. The largest absolute Gasteiger partial charge is 0.382 e. The van der Waals surface area contributed by atoms with Crippen LogP contribution in [0.4, 0.5) is 11.4 Å². The maximum absolute atomic E-state index is 12.7.